The molecule has 0 radical (unpaired) electrons. The average Bonchev–Trinajstić information content (AvgIpc) is 3.05. The molecule has 1 aromatic carbocycles. The van der Waals surface area contributed by atoms with Gasteiger partial charge in [0.05, 0.1) is 5.69 Å². The molecule has 1 aliphatic rings. The Balaban J connectivity index is 1.58. The van der Waals surface area contributed by atoms with Gasteiger partial charge in [0.1, 0.15) is 0 Å². The number of nitrogen functional groups attached to an aromatic ring is 1. The van der Waals surface area contributed by atoms with Gasteiger partial charge in [0.15, 0.2) is 10.7 Å². The van der Waals surface area contributed by atoms with Crippen molar-refractivity contribution in [2.24, 2.45) is 0 Å². The fourth-order valence-corrected chi connectivity index (χ4v) is 3.97. The number of aromatic nitrogens is 1. The van der Waals surface area contributed by atoms with Gasteiger partial charge in [-0.3, -0.25) is 4.79 Å². The van der Waals surface area contributed by atoms with Crippen LogP contribution in [0.4, 0.5) is 5.13 Å². The van der Waals surface area contributed by atoms with Crippen molar-refractivity contribution in [1.82, 2.24) is 15.2 Å². The number of likely N-dealkylation sites (tertiary alicyclic amines) is 1. The summed E-state index contributed by atoms with van der Waals surface area (Å²) in [7, 11) is 0. The number of hydrogen-bond acceptors (Lipinski definition) is 6. The van der Waals surface area contributed by atoms with Gasteiger partial charge in [-0.25, -0.2) is 4.98 Å². The highest BCUT2D eigenvalue weighted by atomic mass is 32.1. The van der Waals surface area contributed by atoms with E-state index in [4.69, 9.17) is 5.73 Å². The lowest BCUT2D eigenvalue weighted by molar-refractivity contribution is -0.157. The molecular weight excluding hydrogens is 360 g/mol. The van der Waals surface area contributed by atoms with Crippen LogP contribution in [0, 0.1) is 0 Å². The molecule has 0 bridgehead atoms. The Hall–Kier alpha value is -1.96. The maximum absolute atomic E-state index is 12.9. The maximum Gasteiger partial charge on any atom is 0.256 e. The van der Waals surface area contributed by atoms with Gasteiger partial charge in [-0.2, -0.15) is 0 Å². The Morgan fingerprint density at radius 1 is 1.37 bits per heavy atom. The Labute approximate surface area is 164 Å². The third-order valence-electron chi connectivity index (χ3n) is 5.02. The molecule has 1 atom stereocenters. The van der Waals surface area contributed by atoms with Crippen LogP contribution in [-0.2, 0) is 17.9 Å². The van der Waals surface area contributed by atoms with Gasteiger partial charge < -0.3 is 21.1 Å². The number of anilines is 1. The summed E-state index contributed by atoms with van der Waals surface area (Å²) in [4.78, 5) is 18.8. The molecule has 1 aliphatic heterocycles. The van der Waals surface area contributed by atoms with Crippen molar-refractivity contribution in [3.63, 3.8) is 0 Å². The highest BCUT2D eigenvalue weighted by molar-refractivity contribution is 7.13. The standard InChI is InChI=1S/C20H28N4O2S/c1-14(2)16-6-4-15(5-7-16)11-24-9-3-8-20(26,18(24)25)13-22-10-17-12-27-19(21)23-17/h4-7,12,14,22,26H,3,8-11,13H2,1-2H3,(H2,21,23). The predicted octanol–water partition coefficient (Wildman–Crippen LogP) is 2.49. The van der Waals surface area contributed by atoms with Gasteiger partial charge >= 0.3 is 0 Å². The number of rotatable bonds is 7. The van der Waals surface area contributed by atoms with Crippen LogP contribution in [0.5, 0.6) is 0 Å². The van der Waals surface area contributed by atoms with Crippen LogP contribution >= 0.6 is 11.3 Å². The molecule has 0 spiro atoms. The second kappa shape index (κ2) is 8.37. The molecule has 1 amide bonds. The zero-order valence-corrected chi connectivity index (χ0v) is 16.8. The maximum atomic E-state index is 12.9. The summed E-state index contributed by atoms with van der Waals surface area (Å²) in [6, 6.07) is 8.37. The minimum absolute atomic E-state index is 0.202. The summed E-state index contributed by atoms with van der Waals surface area (Å²) in [5.41, 5.74) is 7.46. The molecule has 27 heavy (non-hydrogen) atoms. The minimum atomic E-state index is -1.36. The van der Waals surface area contributed by atoms with E-state index >= 15 is 0 Å². The Kier molecular flexibility index (Phi) is 6.14. The Morgan fingerprint density at radius 2 is 2.11 bits per heavy atom. The Morgan fingerprint density at radius 3 is 2.74 bits per heavy atom. The molecular formula is C20H28N4O2S. The van der Waals surface area contributed by atoms with Crippen molar-refractivity contribution >= 4 is 22.4 Å². The number of benzene rings is 1. The molecule has 1 saturated heterocycles. The SMILES string of the molecule is CC(C)c1ccc(CN2CCCC(O)(CNCc3csc(N)n3)C2=O)cc1. The molecule has 3 rings (SSSR count). The van der Waals surface area contributed by atoms with E-state index < -0.39 is 5.60 Å². The molecule has 1 aromatic heterocycles. The van der Waals surface area contributed by atoms with Gasteiger partial charge in [0, 0.05) is 31.6 Å². The fourth-order valence-electron chi connectivity index (χ4n) is 3.41. The second-order valence-corrected chi connectivity index (χ2v) is 8.43. The van der Waals surface area contributed by atoms with Crippen molar-refractivity contribution in [3.8, 4) is 0 Å². The van der Waals surface area contributed by atoms with Crippen LogP contribution in [0.3, 0.4) is 0 Å². The monoisotopic (exact) mass is 388 g/mol. The molecule has 0 aliphatic carbocycles. The van der Waals surface area contributed by atoms with E-state index in [1.54, 1.807) is 4.90 Å². The molecule has 4 N–H and O–H groups in total. The van der Waals surface area contributed by atoms with Crippen LogP contribution in [0.2, 0.25) is 0 Å². The molecule has 2 aromatic rings. The van der Waals surface area contributed by atoms with Gasteiger partial charge in [0.2, 0.25) is 0 Å². The number of piperidine rings is 1. The molecule has 2 heterocycles. The fraction of sp³-hybridized carbons (Fsp3) is 0.500. The van der Waals surface area contributed by atoms with Crippen LogP contribution in [0.25, 0.3) is 0 Å². The highest BCUT2D eigenvalue weighted by Gasteiger charge is 2.41. The van der Waals surface area contributed by atoms with E-state index in [0.29, 0.717) is 37.1 Å². The predicted molar refractivity (Wildman–Crippen MR) is 108 cm³/mol. The second-order valence-electron chi connectivity index (χ2n) is 7.54. The number of hydrogen-bond donors (Lipinski definition) is 3. The summed E-state index contributed by atoms with van der Waals surface area (Å²) in [5.74, 6) is 0.284. The number of nitrogens with two attached hydrogens (primary N) is 1. The topological polar surface area (TPSA) is 91.5 Å². The van der Waals surface area contributed by atoms with Crippen molar-refractivity contribution in [1.29, 1.82) is 0 Å². The quantitative estimate of drug-likeness (QED) is 0.678. The first kappa shape index (κ1) is 19.8. The lowest BCUT2D eigenvalue weighted by Gasteiger charge is -2.38. The minimum Gasteiger partial charge on any atom is -0.379 e. The van der Waals surface area contributed by atoms with E-state index in [1.165, 1.54) is 16.9 Å². The van der Waals surface area contributed by atoms with Crippen LogP contribution in [-0.4, -0.2) is 39.6 Å². The van der Waals surface area contributed by atoms with E-state index in [2.05, 4.69) is 48.4 Å². The highest BCUT2D eigenvalue weighted by Crippen LogP contribution is 2.24. The summed E-state index contributed by atoms with van der Waals surface area (Å²) < 4.78 is 0. The first-order valence-corrected chi connectivity index (χ1v) is 10.3. The number of carbonyl (C=O) groups is 1. The van der Waals surface area contributed by atoms with Gasteiger partial charge in [-0.05, 0) is 29.9 Å². The third kappa shape index (κ3) is 4.86. The van der Waals surface area contributed by atoms with Crippen LogP contribution in [0.1, 0.15) is 49.4 Å². The van der Waals surface area contributed by atoms with E-state index in [9.17, 15) is 9.90 Å². The normalized spacial score (nSPS) is 20.4. The molecule has 1 fully saturated rings. The first-order valence-electron chi connectivity index (χ1n) is 9.38. The van der Waals surface area contributed by atoms with Gasteiger partial charge in [-0.15, -0.1) is 11.3 Å². The number of nitrogens with zero attached hydrogens (tertiary/aromatic N) is 2. The number of amides is 1. The van der Waals surface area contributed by atoms with Crippen molar-refractivity contribution < 1.29 is 9.90 Å². The Bertz CT molecular complexity index is 775. The van der Waals surface area contributed by atoms with E-state index in [1.807, 2.05) is 5.38 Å². The smallest absolute Gasteiger partial charge is 0.256 e. The number of carbonyl (C=O) groups excluding carboxylic acids is 1. The average molecular weight is 389 g/mol. The zero-order valence-electron chi connectivity index (χ0n) is 15.9. The van der Waals surface area contributed by atoms with Crippen molar-refractivity contribution in [3.05, 3.63) is 46.5 Å². The van der Waals surface area contributed by atoms with Crippen molar-refractivity contribution in [2.75, 3.05) is 18.8 Å². The summed E-state index contributed by atoms with van der Waals surface area (Å²) in [6.07, 6.45) is 1.26. The molecule has 7 heteroatoms. The lowest BCUT2D eigenvalue weighted by atomic mass is 9.91. The van der Waals surface area contributed by atoms with E-state index in [0.717, 1.165) is 17.7 Å². The third-order valence-corrected chi connectivity index (χ3v) is 5.74. The summed E-state index contributed by atoms with van der Waals surface area (Å²) >= 11 is 1.38. The number of nitrogens with one attached hydrogen (secondary N) is 1. The largest absolute Gasteiger partial charge is 0.379 e. The zero-order chi connectivity index (χ0) is 19.4. The molecule has 1 unspecified atom stereocenters. The number of aliphatic hydroxyl groups is 1. The van der Waals surface area contributed by atoms with Gasteiger partial charge in [-0.1, -0.05) is 38.1 Å². The first-order chi connectivity index (χ1) is 12.9. The summed E-state index contributed by atoms with van der Waals surface area (Å²) in [5, 5.41) is 16.4. The molecule has 146 valence electrons. The van der Waals surface area contributed by atoms with Crippen LogP contribution in [0.15, 0.2) is 29.6 Å². The lowest BCUT2D eigenvalue weighted by Crippen LogP contribution is -2.57. The number of thiazole rings is 1. The van der Waals surface area contributed by atoms with Crippen LogP contribution < -0.4 is 11.1 Å². The molecule has 0 saturated carbocycles. The van der Waals surface area contributed by atoms with E-state index in [-0.39, 0.29) is 12.5 Å². The van der Waals surface area contributed by atoms with Gasteiger partial charge in [0.25, 0.3) is 5.91 Å². The molecule has 6 nitrogen and oxygen atoms in total. The summed E-state index contributed by atoms with van der Waals surface area (Å²) in [6.45, 7) is 6.23. The van der Waals surface area contributed by atoms with Crippen molar-refractivity contribution in [2.45, 2.75) is 51.3 Å².